The summed E-state index contributed by atoms with van der Waals surface area (Å²) in [5, 5.41) is 10.2. The molecule has 0 amide bonds. The predicted molar refractivity (Wildman–Crippen MR) is 68.8 cm³/mol. The third kappa shape index (κ3) is 2.08. The molecule has 0 unspecified atom stereocenters. The van der Waals surface area contributed by atoms with Crippen LogP contribution in [0.1, 0.15) is 60.7 Å². The first-order valence-electron chi connectivity index (χ1n) is 6.28. The number of benzene rings is 1. The van der Waals surface area contributed by atoms with E-state index in [1.165, 1.54) is 12.0 Å². The van der Waals surface area contributed by atoms with Gasteiger partial charge in [-0.25, -0.2) is 0 Å². The van der Waals surface area contributed by atoms with Gasteiger partial charge in [0.15, 0.2) is 6.29 Å². The molecule has 1 N–H and O–H groups in total. The summed E-state index contributed by atoms with van der Waals surface area (Å²) in [6, 6.07) is 2.12. The van der Waals surface area contributed by atoms with Crippen LogP contribution in [-0.4, -0.2) is 11.4 Å². The molecule has 0 aromatic heterocycles. The Hall–Kier alpha value is -1.31. The van der Waals surface area contributed by atoms with Crippen LogP contribution in [0.25, 0.3) is 0 Å². The lowest BCUT2D eigenvalue weighted by atomic mass is 9.79. The minimum Gasteiger partial charge on any atom is -0.507 e. The number of aldehydes is 1. The van der Waals surface area contributed by atoms with Crippen LogP contribution in [0.15, 0.2) is 6.07 Å². The molecular formula is C15H20O2. The maximum absolute atomic E-state index is 11.2. The van der Waals surface area contributed by atoms with E-state index in [9.17, 15) is 9.90 Å². The summed E-state index contributed by atoms with van der Waals surface area (Å²) in [5.74, 6) is 0.224. The van der Waals surface area contributed by atoms with Crippen molar-refractivity contribution in [1.29, 1.82) is 0 Å². The fourth-order valence-corrected chi connectivity index (χ4v) is 2.64. The molecular weight excluding hydrogens is 212 g/mol. The van der Waals surface area contributed by atoms with Crippen LogP contribution in [0.5, 0.6) is 5.75 Å². The van der Waals surface area contributed by atoms with Crippen LogP contribution in [0.3, 0.4) is 0 Å². The second-order valence-corrected chi connectivity index (χ2v) is 5.90. The Morgan fingerprint density at radius 3 is 2.47 bits per heavy atom. The van der Waals surface area contributed by atoms with Crippen molar-refractivity contribution in [1.82, 2.24) is 0 Å². The highest BCUT2D eigenvalue weighted by Crippen LogP contribution is 2.38. The van der Waals surface area contributed by atoms with Crippen molar-refractivity contribution in [2.75, 3.05) is 0 Å². The standard InChI is InChI=1S/C15H20O2/c1-15(2,3)13-8-10-6-4-5-7-11(10)14(17)12(13)9-16/h8-9,17H,4-7H2,1-3H3. The van der Waals surface area contributed by atoms with Crippen LogP contribution >= 0.6 is 0 Å². The number of hydrogen-bond acceptors (Lipinski definition) is 2. The van der Waals surface area contributed by atoms with E-state index < -0.39 is 0 Å². The number of carbonyl (C=O) groups is 1. The van der Waals surface area contributed by atoms with Crippen LogP contribution < -0.4 is 0 Å². The predicted octanol–water partition coefficient (Wildman–Crippen LogP) is 3.38. The summed E-state index contributed by atoms with van der Waals surface area (Å²) in [7, 11) is 0. The first-order valence-corrected chi connectivity index (χ1v) is 6.28. The van der Waals surface area contributed by atoms with Crippen molar-refractivity contribution in [3.8, 4) is 5.75 Å². The molecule has 0 heterocycles. The van der Waals surface area contributed by atoms with Crippen molar-refractivity contribution in [2.24, 2.45) is 0 Å². The van der Waals surface area contributed by atoms with Crippen LogP contribution in [0.2, 0.25) is 0 Å². The summed E-state index contributed by atoms with van der Waals surface area (Å²) >= 11 is 0. The second kappa shape index (κ2) is 4.17. The maximum atomic E-state index is 11.2. The lowest BCUT2D eigenvalue weighted by Gasteiger charge is -2.26. The minimum atomic E-state index is -0.111. The first-order chi connectivity index (χ1) is 7.95. The third-order valence-electron chi connectivity index (χ3n) is 3.59. The van der Waals surface area contributed by atoms with Gasteiger partial charge in [0.2, 0.25) is 0 Å². The van der Waals surface area contributed by atoms with Gasteiger partial charge < -0.3 is 5.11 Å². The van der Waals surface area contributed by atoms with Crippen LogP contribution in [0.4, 0.5) is 0 Å². The van der Waals surface area contributed by atoms with Gasteiger partial charge in [0.05, 0.1) is 5.56 Å². The molecule has 0 bridgehead atoms. The number of phenols is 1. The number of hydrogen-bond donors (Lipinski definition) is 1. The zero-order chi connectivity index (χ0) is 12.6. The topological polar surface area (TPSA) is 37.3 Å². The van der Waals surface area contributed by atoms with Gasteiger partial charge in [-0.15, -0.1) is 0 Å². The highest BCUT2D eigenvalue weighted by atomic mass is 16.3. The highest BCUT2D eigenvalue weighted by molar-refractivity contribution is 5.83. The Labute approximate surface area is 103 Å². The normalized spacial score (nSPS) is 15.5. The zero-order valence-electron chi connectivity index (χ0n) is 10.8. The molecule has 92 valence electrons. The van der Waals surface area contributed by atoms with Gasteiger partial charge in [-0.3, -0.25) is 4.79 Å². The number of rotatable bonds is 1. The molecule has 2 heteroatoms. The Bertz CT molecular complexity index is 453. The Morgan fingerprint density at radius 2 is 1.88 bits per heavy atom. The van der Waals surface area contributed by atoms with Gasteiger partial charge in [-0.2, -0.15) is 0 Å². The molecule has 1 aliphatic rings. The minimum absolute atomic E-state index is 0.111. The van der Waals surface area contributed by atoms with E-state index in [1.807, 2.05) is 0 Å². The number of aromatic hydroxyl groups is 1. The average molecular weight is 232 g/mol. The van der Waals surface area contributed by atoms with E-state index in [-0.39, 0.29) is 11.2 Å². The number of phenolic OH excluding ortho intramolecular Hbond substituents is 1. The quantitative estimate of drug-likeness (QED) is 0.754. The molecule has 0 saturated carbocycles. The van der Waals surface area contributed by atoms with Gasteiger partial charge in [0, 0.05) is 0 Å². The highest BCUT2D eigenvalue weighted by Gasteiger charge is 2.25. The third-order valence-corrected chi connectivity index (χ3v) is 3.59. The van der Waals surface area contributed by atoms with Gasteiger partial charge in [-0.1, -0.05) is 26.8 Å². The summed E-state index contributed by atoms with van der Waals surface area (Å²) in [5.41, 5.74) is 3.56. The number of aryl methyl sites for hydroxylation is 1. The molecule has 1 aliphatic carbocycles. The first kappa shape index (κ1) is 12.2. The summed E-state index contributed by atoms with van der Waals surface area (Å²) < 4.78 is 0. The van der Waals surface area contributed by atoms with Gasteiger partial charge in [0.1, 0.15) is 5.75 Å². The van der Waals surface area contributed by atoms with E-state index in [4.69, 9.17) is 0 Å². The molecule has 2 nitrogen and oxygen atoms in total. The van der Waals surface area contributed by atoms with Crippen molar-refractivity contribution in [3.63, 3.8) is 0 Å². The maximum Gasteiger partial charge on any atom is 0.154 e. The molecule has 0 radical (unpaired) electrons. The Kier molecular flexibility index (Phi) is 2.98. The van der Waals surface area contributed by atoms with E-state index in [0.29, 0.717) is 5.56 Å². The largest absolute Gasteiger partial charge is 0.507 e. The molecule has 17 heavy (non-hydrogen) atoms. The van der Waals surface area contributed by atoms with Crippen molar-refractivity contribution < 1.29 is 9.90 Å². The van der Waals surface area contributed by atoms with Gasteiger partial charge in [0.25, 0.3) is 0 Å². The molecule has 0 atom stereocenters. The van der Waals surface area contributed by atoms with Crippen LogP contribution in [-0.2, 0) is 18.3 Å². The van der Waals surface area contributed by atoms with E-state index in [1.54, 1.807) is 0 Å². The van der Waals surface area contributed by atoms with Gasteiger partial charge in [-0.05, 0) is 47.8 Å². The lowest BCUT2D eigenvalue weighted by molar-refractivity contribution is 0.111. The fraction of sp³-hybridized carbons (Fsp3) is 0.533. The van der Waals surface area contributed by atoms with E-state index in [2.05, 4.69) is 26.8 Å². The monoisotopic (exact) mass is 232 g/mol. The fourth-order valence-electron chi connectivity index (χ4n) is 2.64. The van der Waals surface area contributed by atoms with E-state index in [0.717, 1.165) is 36.7 Å². The zero-order valence-corrected chi connectivity index (χ0v) is 10.8. The Balaban J connectivity index is 2.68. The number of fused-ring (bicyclic) bond motifs is 1. The Morgan fingerprint density at radius 1 is 1.24 bits per heavy atom. The summed E-state index contributed by atoms with van der Waals surface area (Å²) in [4.78, 5) is 11.2. The van der Waals surface area contributed by atoms with Crippen molar-refractivity contribution in [2.45, 2.75) is 51.9 Å². The molecule has 0 fully saturated rings. The summed E-state index contributed by atoms with van der Waals surface area (Å²) in [6.07, 6.45) is 4.99. The molecule has 0 aliphatic heterocycles. The average Bonchev–Trinajstić information content (AvgIpc) is 2.28. The molecule has 0 spiro atoms. The van der Waals surface area contributed by atoms with Crippen LogP contribution in [0, 0.1) is 0 Å². The summed E-state index contributed by atoms with van der Waals surface area (Å²) in [6.45, 7) is 6.22. The lowest BCUT2D eigenvalue weighted by Crippen LogP contribution is -2.17. The van der Waals surface area contributed by atoms with Gasteiger partial charge >= 0.3 is 0 Å². The SMILES string of the molecule is CC(C)(C)c1cc2c(c(O)c1C=O)CCCC2. The smallest absolute Gasteiger partial charge is 0.154 e. The molecule has 2 rings (SSSR count). The second-order valence-electron chi connectivity index (χ2n) is 5.90. The number of carbonyl (C=O) groups excluding carboxylic acids is 1. The molecule has 1 aromatic carbocycles. The van der Waals surface area contributed by atoms with E-state index >= 15 is 0 Å². The molecule has 0 saturated heterocycles. The van der Waals surface area contributed by atoms with Crippen molar-refractivity contribution in [3.05, 3.63) is 28.3 Å². The van der Waals surface area contributed by atoms with Crippen molar-refractivity contribution >= 4 is 6.29 Å². The molecule has 1 aromatic rings.